The summed E-state index contributed by atoms with van der Waals surface area (Å²) in [5.74, 6) is -1.43. The number of nitrogens with zero attached hydrogens (tertiary/aromatic N) is 2. The van der Waals surface area contributed by atoms with E-state index < -0.39 is 18.1 Å². The highest BCUT2D eigenvalue weighted by Crippen LogP contribution is 2.49. The first-order valence-corrected chi connectivity index (χ1v) is 11.2. The van der Waals surface area contributed by atoms with Crippen molar-refractivity contribution in [2.24, 2.45) is 5.92 Å². The van der Waals surface area contributed by atoms with Gasteiger partial charge in [0.1, 0.15) is 5.92 Å². The molecule has 32 heavy (non-hydrogen) atoms. The summed E-state index contributed by atoms with van der Waals surface area (Å²) in [5, 5.41) is 2.53. The summed E-state index contributed by atoms with van der Waals surface area (Å²) in [7, 11) is 0. The average molecular weight is 467 g/mol. The lowest BCUT2D eigenvalue weighted by atomic mass is 9.90. The molecule has 2 heterocycles. The van der Waals surface area contributed by atoms with Crippen molar-refractivity contribution in [2.75, 3.05) is 9.96 Å². The second-order valence-corrected chi connectivity index (χ2v) is 8.70. The molecule has 3 aromatic rings. The Morgan fingerprint density at radius 2 is 1.59 bits per heavy atom. The number of halogens is 2. The number of hydrogen-bond donors (Lipinski definition) is 0. The van der Waals surface area contributed by atoms with E-state index in [2.05, 4.69) is 6.92 Å². The second kappa shape index (κ2) is 8.24. The first-order valence-electron chi connectivity index (χ1n) is 10.4. The van der Waals surface area contributed by atoms with Gasteiger partial charge in [0.25, 0.3) is 5.91 Å². The third kappa shape index (κ3) is 3.37. The lowest BCUT2D eigenvalue weighted by Gasteiger charge is -2.29. The van der Waals surface area contributed by atoms with Gasteiger partial charge >= 0.3 is 0 Å². The maximum atomic E-state index is 13.6. The van der Waals surface area contributed by atoms with Crippen LogP contribution < -0.4 is 9.96 Å². The van der Waals surface area contributed by atoms with E-state index in [0.29, 0.717) is 21.3 Å². The lowest BCUT2D eigenvalue weighted by Crippen LogP contribution is -2.37. The molecule has 0 N–H and O–H groups in total. The molecule has 5 nitrogen and oxygen atoms in total. The quantitative estimate of drug-likeness (QED) is 0.469. The van der Waals surface area contributed by atoms with Crippen LogP contribution in [0.4, 0.5) is 11.4 Å². The van der Waals surface area contributed by atoms with Crippen LogP contribution in [0.1, 0.15) is 24.1 Å². The zero-order valence-corrected chi connectivity index (χ0v) is 18.8. The number of aryl methyl sites for hydroxylation is 1. The number of imide groups is 1. The molecule has 0 spiro atoms. The maximum absolute atomic E-state index is 13.6. The molecule has 162 valence electrons. The van der Waals surface area contributed by atoms with Crippen LogP contribution in [0.5, 0.6) is 0 Å². The Morgan fingerprint density at radius 1 is 0.875 bits per heavy atom. The molecule has 2 saturated heterocycles. The van der Waals surface area contributed by atoms with E-state index in [-0.39, 0.29) is 11.8 Å². The molecule has 0 saturated carbocycles. The first kappa shape index (κ1) is 21.0. The molecule has 0 aromatic heterocycles. The van der Waals surface area contributed by atoms with Gasteiger partial charge in [0.15, 0.2) is 6.10 Å². The Hall–Kier alpha value is -2.86. The van der Waals surface area contributed by atoms with E-state index in [1.54, 1.807) is 35.4 Å². The summed E-state index contributed by atoms with van der Waals surface area (Å²) in [6.07, 6.45) is -0.0648. The van der Waals surface area contributed by atoms with Gasteiger partial charge in [0.2, 0.25) is 5.91 Å². The van der Waals surface area contributed by atoms with Crippen LogP contribution in [0.15, 0.2) is 72.8 Å². The predicted molar refractivity (Wildman–Crippen MR) is 125 cm³/mol. The van der Waals surface area contributed by atoms with Crippen molar-refractivity contribution in [2.45, 2.75) is 25.5 Å². The molecule has 0 bridgehead atoms. The molecule has 2 amide bonds. The molecule has 0 unspecified atom stereocenters. The van der Waals surface area contributed by atoms with E-state index in [9.17, 15) is 9.59 Å². The van der Waals surface area contributed by atoms with E-state index in [4.69, 9.17) is 28.0 Å². The lowest BCUT2D eigenvalue weighted by molar-refractivity contribution is -0.126. The largest absolute Gasteiger partial charge is 0.273 e. The standard InChI is InChI=1S/C25H20Cl2N2O3/c1-2-15-8-11-17(12-9-15)28-24(30)21-22(19-13-10-16(26)14-20(19)27)29(32-23(21)25(28)31)18-6-4-3-5-7-18/h3-14,21-23H,2H2,1H3/t21-,22-,23+/m1/s1. The van der Waals surface area contributed by atoms with Crippen LogP contribution in [0.2, 0.25) is 10.0 Å². The van der Waals surface area contributed by atoms with Crippen LogP contribution in [-0.2, 0) is 20.8 Å². The molecule has 2 aliphatic heterocycles. The fraction of sp³-hybridized carbons (Fsp3) is 0.200. The average Bonchev–Trinajstić information content (AvgIpc) is 3.30. The van der Waals surface area contributed by atoms with Crippen LogP contribution in [0.25, 0.3) is 0 Å². The first-order chi connectivity index (χ1) is 15.5. The van der Waals surface area contributed by atoms with Gasteiger partial charge in [-0.2, -0.15) is 0 Å². The summed E-state index contributed by atoms with van der Waals surface area (Å²) in [6, 6.07) is 21.4. The minimum absolute atomic E-state index is 0.307. The van der Waals surface area contributed by atoms with Gasteiger partial charge in [-0.3, -0.25) is 14.4 Å². The van der Waals surface area contributed by atoms with Gasteiger partial charge < -0.3 is 0 Å². The zero-order chi connectivity index (χ0) is 22.4. The number of carbonyl (C=O) groups is 2. The smallest absolute Gasteiger partial charge is 0.266 e. The molecular formula is C25H20Cl2N2O3. The van der Waals surface area contributed by atoms with Gasteiger partial charge in [-0.1, -0.05) is 66.5 Å². The Balaban J connectivity index is 1.58. The van der Waals surface area contributed by atoms with Gasteiger partial charge in [-0.05, 0) is 53.9 Å². The van der Waals surface area contributed by atoms with E-state index in [0.717, 1.165) is 17.7 Å². The number of carbonyl (C=O) groups excluding carboxylic acids is 2. The van der Waals surface area contributed by atoms with E-state index in [1.807, 2.05) is 42.5 Å². The molecular weight excluding hydrogens is 447 g/mol. The van der Waals surface area contributed by atoms with Crippen molar-refractivity contribution in [1.29, 1.82) is 0 Å². The molecule has 0 aliphatic carbocycles. The van der Waals surface area contributed by atoms with E-state index in [1.165, 1.54) is 4.90 Å². The number of hydroxylamine groups is 1. The number of amides is 2. The molecule has 3 atom stereocenters. The summed E-state index contributed by atoms with van der Waals surface area (Å²) in [5.41, 5.74) is 3.09. The van der Waals surface area contributed by atoms with E-state index >= 15 is 0 Å². The third-order valence-corrected chi connectivity index (χ3v) is 6.57. The third-order valence-electron chi connectivity index (χ3n) is 6.01. The minimum Gasteiger partial charge on any atom is -0.273 e. The monoisotopic (exact) mass is 466 g/mol. The number of hydrogen-bond acceptors (Lipinski definition) is 4. The number of rotatable bonds is 4. The zero-order valence-electron chi connectivity index (χ0n) is 17.2. The molecule has 0 radical (unpaired) electrons. The Kier molecular flexibility index (Phi) is 5.41. The number of benzene rings is 3. The number of para-hydroxylation sites is 1. The summed E-state index contributed by atoms with van der Waals surface area (Å²) < 4.78 is 0. The highest BCUT2D eigenvalue weighted by Gasteiger charge is 2.60. The van der Waals surface area contributed by atoms with Crippen molar-refractivity contribution >= 4 is 46.4 Å². The van der Waals surface area contributed by atoms with Crippen LogP contribution in [0, 0.1) is 5.92 Å². The topological polar surface area (TPSA) is 49.9 Å². The Morgan fingerprint density at radius 3 is 2.25 bits per heavy atom. The SMILES string of the molecule is CCc1ccc(N2C(=O)[C@H]3[C@H](ON(c4ccccc4)[C@@H]3c3ccc(Cl)cc3Cl)C2=O)cc1. The molecule has 2 fully saturated rings. The summed E-state index contributed by atoms with van der Waals surface area (Å²) >= 11 is 12.7. The molecule has 7 heteroatoms. The number of anilines is 2. The minimum atomic E-state index is -0.940. The fourth-order valence-corrected chi connectivity index (χ4v) is 4.93. The Labute approximate surface area is 196 Å². The fourth-order valence-electron chi connectivity index (χ4n) is 4.41. The van der Waals surface area contributed by atoms with Crippen molar-refractivity contribution in [3.63, 3.8) is 0 Å². The van der Waals surface area contributed by atoms with Gasteiger partial charge in [0.05, 0.1) is 17.4 Å². The highest BCUT2D eigenvalue weighted by molar-refractivity contribution is 6.35. The Bertz CT molecular complexity index is 1180. The molecule has 3 aromatic carbocycles. The van der Waals surface area contributed by atoms with Crippen molar-refractivity contribution in [3.8, 4) is 0 Å². The van der Waals surface area contributed by atoms with Crippen molar-refractivity contribution < 1.29 is 14.4 Å². The summed E-state index contributed by atoms with van der Waals surface area (Å²) in [6.45, 7) is 2.05. The summed E-state index contributed by atoms with van der Waals surface area (Å²) in [4.78, 5) is 34.3. The van der Waals surface area contributed by atoms with Crippen LogP contribution >= 0.6 is 23.2 Å². The maximum Gasteiger partial charge on any atom is 0.266 e. The van der Waals surface area contributed by atoms with Gasteiger partial charge in [-0.25, -0.2) is 9.96 Å². The van der Waals surface area contributed by atoms with Crippen molar-refractivity contribution in [1.82, 2.24) is 0 Å². The predicted octanol–water partition coefficient (Wildman–Crippen LogP) is 5.61. The van der Waals surface area contributed by atoms with Crippen molar-refractivity contribution in [3.05, 3.63) is 94.0 Å². The molecule has 2 aliphatic rings. The normalized spacial score (nSPS) is 22.5. The molecule has 5 rings (SSSR count). The van der Waals surface area contributed by atoms with Gasteiger partial charge in [-0.15, -0.1) is 0 Å². The van der Waals surface area contributed by atoms with Crippen LogP contribution in [0.3, 0.4) is 0 Å². The second-order valence-electron chi connectivity index (χ2n) is 7.86. The number of fused-ring (bicyclic) bond motifs is 1. The van der Waals surface area contributed by atoms with Crippen LogP contribution in [-0.4, -0.2) is 17.9 Å². The highest BCUT2D eigenvalue weighted by atomic mass is 35.5. The van der Waals surface area contributed by atoms with Gasteiger partial charge in [0, 0.05) is 10.0 Å².